The van der Waals surface area contributed by atoms with Crippen LogP contribution in [-0.4, -0.2) is 36.6 Å². The molecule has 29 heavy (non-hydrogen) atoms. The zero-order chi connectivity index (χ0) is 21.4. The van der Waals surface area contributed by atoms with Crippen LogP contribution in [0.15, 0.2) is 42.5 Å². The number of benzene rings is 2. The summed E-state index contributed by atoms with van der Waals surface area (Å²) < 4.78 is 9.85. The summed E-state index contributed by atoms with van der Waals surface area (Å²) in [5, 5.41) is 2.95. The van der Waals surface area contributed by atoms with E-state index in [0.717, 1.165) is 0 Å². The molecule has 0 saturated heterocycles. The van der Waals surface area contributed by atoms with Crippen LogP contribution in [0.5, 0.6) is 5.75 Å². The highest BCUT2D eigenvalue weighted by Crippen LogP contribution is 2.27. The topological polar surface area (TPSA) is 106 Å². The van der Waals surface area contributed by atoms with E-state index in [1.807, 2.05) is 0 Å². The van der Waals surface area contributed by atoms with E-state index in [1.165, 1.54) is 43.5 Å². The van der Waals surface area contributed by atoms with Crippen LogP contribution in [-0.2, 0) is 9.53 Å². The number of rotatable bonds is 5. The Balaban J connectivity index is 1.77. The maximum Gasteiger partial charge on any atom is 0.337 e. The first kappa shape index (κ1) is 22.4. The number of thiocarbonyl (C=S) groups is 1. The van der Waals surface area contributed by atoms with Gasteiger partial charge in [0.1, 0.15) is 5.75 Å². The molecule has 0 aliphatic rings. The minimum absolute atomic E-state index is 0.134. The molecule has 3 N–H and O–H groups in total. The number of ether oxygens (including phenoxy) is 2. The molecule has 0 aromatic heterocycles. The average Bonchev–Trinajstić information content (AvgIpc) is 2.71. The monoisotopic (exact) mass is 455 g/mol. The first-order valence-electron chi connectivity index (χ1n) is 7.96. The van der Waals surface area contributed by atoms with E-state index in [9.17, 15) is 14.4 Å². The third-order valence-corrected chi connectivity index (χ3v) is 4.10. The van der Waals surface area contributed by atoms with Crippen LogP contribution < -0.4 is 20.9 Å². The lowest BCUT2D eigenvalue weighted by atomic mass is 10.1. The highest BCUT2D eigenvalue weighted by Gasteiger charge is 2.11. The van der Waals surface area contributed by atoms with Crippen LogP contribution >= 0.6 is 35.4 Å². The molecule has 2 rings (SSSR count). The van der Waals surface area contributed by atoms with Gasteiger partial charge in [0.05, 0.1) is 17.7 Å². The smallest absolute Gasteiger partial charge is 0.337 e. The molecule has 8 nitrogen and oxygen atoms in total. The fourth-order valence-corrected chi connectivity index (χ4v) is 2.59. The van der Waals surface area contributed by atoms with Crippen molar-refractivity contribution in [1.29, 1.82) is 0 Å². The Hall–Kier alpha value is -2.88. The van der Waals surface area contributed by atoms with Gasteiger partial charge in [-0.3, -0.25) is 25.8 Å². The van der Waals surface area contributed by atoms with Crippen molar-refractivity contribution in [2.75, 3.05) is 13.7 Å². The Kier molecular flexibility index (Phi) is 8.20. The summed E-state index contributed by atoms with van der Waals surface area (Å²) in [5.74, 6) is -1.32. The van der Waals surface area contributed by atoms with Gasteiger partial charge in [-0.1, -0.05) is 23.2 Å². The van der Waals surface area contributed by atoms with Gasteiger partial charge in [-0.2, -0.15) is 0 Å². The zero-order valence-corrected chi connectivity index (χ0v) is 17.3. The van der Waals surface area contributed by atoms with Crippen LogP contribution in [0, 0.1) is 0 Å². The van der Waals surface area contributed by atoms with Gasteiger partial charge in [0.15, 0.2) is 11.7 Å². The van der Waals surface area contributed by atoms with Gasteiger partial charge >= 0.3 is 5.97 Å². The van der Waals surface area contributed by atoms with Crippen molar-refractivity contribution >= 4 is 58.3 Å². The zero-order valence-electron chi connectivity index (χ0n) is 15.0. The number of hydrazine groups is 1. The quantitative estimate of drug-likeness (QED) is 0.361. The summed E-state index contributed by atoms with van der Waals surface area (Å²) in [4.78, 5) is 35.3. The van der Waals surface area contributed by atoms with Crippen LogP contribution in [0.4, 0.5) is 0 Å². The molecule has 0 fully saturated rings. The third kappa shape index (κ3) is 6.90. The molecule has 2 aromatic carbocycles. The highest BCUT2D eigenvalue weighted by molar-refractivity contribution is 7.80. The molecule has 11 heteroatoms. The Morgan fingerprint density at radius 2 is 1.66 bits per heavy atom. The molecule has 0 unspecified atom stereocenters. The number of methoxy groups -OCH3 is 1. The molecule has 0 heterocycles. The molecule has 0 radical (unpaired) electrons. The summed E-state index contributed by atoms with van der Waals surface area (Å²) in [6.45, 7) is -0.347. The van der Waals surface area contributed by atoms with Crippen molar-refractivity contribution in [2.45, 2.75) is 0 Å². The Morgan fingerprint density at radius 1 is 1.00 bits per heavy atom. The molecule has 0 atom stereocenters. The Morgan fingerprint density at radius 3 is 2.28 bits per heavy atom. The summed E-state index contributed by atoms with van der Waals surface area (Å²) in [6.07, 6.45) is 0. The molecule has 0 aliphatic heterocycles. The predicted octanol–water partition coefficient (Wildman–Crippen LogP) is 2.49. The maximum absolute atomic E-state index is 12.1. The van der Waals surface area contributed by atoms with Gasteiger partial charge in [-0.05, 0) is 54.7 Å². The number of carbonyl (C=O) groups is 3. The largest absolute Gasteiger partial charge is 0.482 e. The number of halogens is 2. The lowest BCUT2D eigenvalue weighted by Crippen LogP contribution is -2.49. The third-order valence-electron chi connectivity index (χ3n) is 3.36. The summed E-state index contributed by atoms with van der Waals surface area (Å²) >= 11 is 16.7. The van der Waals surface area contributed by atoms with E-state index < -0.39 is 17.8 Å². The Labute approximate surface area is 181 Å². The molecule has 2 amide bonds. The van der Waals surface area contributed by atoms with Gasteiger partial charge in [-0.15, -0.1) is 0 Å². The molecule has 0 bridgehead atoms. The Bertz CT molecular complexity index is 938. The first-order chi connectivity index (χ1) is 13.8. The van der Waals surface area contributed by atoms with Gasteiger partial charge < -0.3 is 9.47 Å². The molecule has 2 aromatic rings. The fourth-order valence-electron chi connectivity index (χ4n) is 1.98. The summed E-state index contributed by atoms with van der Waals surface area (Å²) in [6, 6.07) is 10.3. The molecule has 152 valence electrons. The summed E-state index contributed by atoms with van der Waals surface area (Å²) in [5.41, 5.74) is 5.21. The number of hydrogen-bond donors (Lipinski definition) is 3. The first-order valence-corrected chi connectivity index (χ1v) is 9.13. The predicted molar refractivity (Wildman–Crippen MR) is 111 cm³/mol. The van der Waals surface area contributed by atoms with Crippen LogP contribution in [0.1, 0.15) is 20.7 Å². The van der Waals surface area contributed by atoms with Crippen LogP contribution in [0.3, 0.4) is 0 Å². The van der Waals surface area contributed by atoms with Gasteiger partial charge in [0.25, 0.3) is 11.8 Å². The van der Waals surface area contributed by atoms with Crippen molar-refractivity contribution in [3.8, 4) is 5.75 Å². The second-order valence-electron chi connectivity index (χ2n) is 5.39. The standard InChI is InChI=1S/C18H15Cl2N3O5S/c1-27-17(26)11-4-2-10(3-5-11)16(25)21-18(29)23-22-15(24)9-28-14-7-6-12(19)8-13(14)20/h2-8H,9H2,1H3,(H,22,24)(H2,21,23,25,29). The van der Waals surface area contributed by atoms with E-state index in [0.29, 0.717) is 10.6 Å². The van der Waals surface area contributed by atoms with Crippen LogP contribution in [0.2, 0.25) is 10.0 Å². The van der Waals surface area contributed by atoms with E-state index in [2.05, 4.69) is 20.9 Å². The second-order valence-corrected chi connectivity index (χ2v) is 6.64. The van der Waals surface area contributed by atoms with Gasteiger partial charge in [-0.25, -0.2) is 4.79 Å². The molecular weight excluding hydrogens is 441 g/mol. The SMILES string of the molecule is COC(=O)c1ccc(C(=O)NC(=S)NNC(=O)COc2ccc(Cl)cc2Cl)cc1. The second kappa shape index (κ2) is 10.6. The average molecular weight is 456 g/mol. The number of amides is 2. The van der Waals surface area contributed by atoms with Crippen molar-refractivity contribution in [2.24, 2.45) is 0 Å². The molecular formula is C18H15Cl2N3O5S. The fraction of sp³-hybridized carbons (Fsp3) is 0.111. The maximum atomic E-state index is 12.1. The van der Waals surface area contributed by atoms with E-state index in [-0.39, 0.29) is 28.1 Å². The molecule has 0 aliphatic carbocycles. The van der Waals surface area contributed by atoms with Gasteiger partial charge in [0, 0.05) is 10.6 Å². The van der Waals surface area contributed by atoms with Gasteiger partial charge in [0.2, 0.25) is 0 Å². The lowest BCUT2D eigenvalue weighted by molar-refractivity contribution is -0.123. The molecule has 0 saturated carbocycles. The minimum atomic E-state index is -0.560. The molecule has 0 spiro atoms. The van der Waals surface area contributed by atoms with Crippen molar-refractivity contribution in [3.63, 3.8) is 0 Å². The highest BCUT2D eigenvalue weighted by atomic mass is 35.5. The van der Waals surface area contributed by atoms with E-state index >= 15 is 0 Å². The number of esters is 1. The number of hydrogen-bond acceptors (Lipinski definition) is 6. The van der Waals surface area contributed by atoms with Crippen molar-refractivity contribution in [3.05, 3.63) is 63.6 Å². The minimum Gasteiger partial charge on any atom is -0.482 e. The van der Waals surface area contributed by atoms with E-state index in [1.54, 1.807) is 6.07 Å². The van der Waals surface area contributed by atoms with Crippen molar-refractivity contribution < 1.29 is 23.9 Å². The summed E-state index contributed by atoms with van der Waals surface area (Å²) in [7, 11) is 1.26. The number of carbonyl (C=O) groups excluding carboxylic acids is 3. The van der Waals surface area contributed by atoms with Crippen molar-refractivity contribution in [1.82, 2.24) is 16.2 Å². The normalized spacial score (nSPS) is 9.90. The van der Waals surface area contributed by atoms with E-state index in [4.69, 9.17) is 40.2 Å². The number of nitrogens with one attached hydrogen (secondary N) is 3. The van der Waals surface area contributed by atoms with Crippen LogP contribution in [0.25, 0.3) is 0 Å². The lowest BCUT2D eigenvalue weighted by Gasteiger charge is -2.12.